The fraction of sp³-hybridized carbons (Fsp3) is 0.533. The van der Waals surface area contributed by atoms with Gasteiger partial charge in [-0.25, -0.2) is 0 Å². The lowest BCUT2D eigenvalue weighted by Crippen LogP contribution is -2.36. The van der Waals surface area contributed by atoms with Crippen LogP contribution in [0.4, 0.5) is 0 Å². The lowest BCUT2D eigenvalue weighted by Gasteiger charge is -2.19. The number of hydrogen-bond acceptors (Lipinski definition) is 3. The number of carbonyl (C=O) groups is 2. The molecule has 0 atom stereocenters. The highest BCUT2D eigenvalue weighted by Gasteiger charge is 2.23. The van der Waals surface area contributed by atoms with Crippen molar-refractivity contribution in [1.82, 2.24) is 9.88 Å². The number of nitrogens with one attached hydrogen (secondary N) is 1. The average Bonchev–Trinajstić information content (AvgIpc) is 3.24. The second-order valence-corrected chi connectivity index (χ2v) is 5.64. The second kappa shape index (κ2) is 5.23. The van der Waals surface area contributed by atoms with Gasteiger partial charge in [-0.15, -0.1) is 0 Å². The fourth-order valence-electron chi connectivity index (χ4n) is 2.65. The Kier molecular flexibility index (Phi) is 3.42. The molecule has 1 aromatic rings. The van der Waals surface area contributed by atoms with Crippen LogP contribution in [0.5, 0.6) is 0 Å². The Hall–Kier alpha value is -1.91. The summed E-state index contributed by atoms with van der Waals surface area (Å²) in [5, 5.41) is 2.85. The van der Waals surface area contributed by atoms with E-state index in [1.54, 1.807) is 6.07 Å². The molecule has 0 unspecified atom stereocenters. The summed E-state index contributed by atoms with van der Waals surface area (Å²) in [6, 6.07) is 2.98. The van der Waals surface area contributed by atoms with Gasteiger partial charge in [-0.05, 0) is 37.7 Å². The van der Waals surface area contributed by atoms with E-state index in [2.05, 4.69) is 5.32 Å². The summed E-state index contributed by atoms with van der Waals surface area (Å²) in [6.07, 6.45) is 4.32. The number of fused-ring (bicyclic) bond motifs is 1. The van der Waals surface area contributed by atoms with Crippen molar-refractivity contribution in [2.75, 3.05) is 6.54 Å². The first kappa shape index (κ1) is 13.1. The number of hydrogen-bond donors (Lipinski definition) is 1. The van der Waals surface area contributed by atoms with Crippen molar-refractivity contribution in [2.24, 2.45) is 5.92 Å². The Morgan fingerprint density at radius 1 is 1.25 bits per heavy atom. The molecule has 3 rings (SSSR count). The van der Waals surface area contributed by atoms with Crippen LogP contribution in [0.2, 0.25) is 0 Å². The molecule has 5 nitrogen and oxygen atoms in total. The summed E-state index contributed by atoms with van der Waals surface area (Å²) >= 11 is 0. The second-order valence-electron chi connectivity index (χ2n) is 5.64. The van der Waals surface area contributed by atoms with Crippen molar-refractivity contribution in [1.29, 1.82) is 0 Å². The number of amides is 1. The summed E-state index contributed by atoms with van der Waals surface area (Å²) in [7, 11) is 0. The molecule has 1 aromatic heterocycles. The van der Waals surface area contributed by atoms with E-state index in [1.165, 1.54) is 23.5 Å². The van der Waals surface area contributed by atoms with Crippen molar-refractivity contribution >= 4 is 11.7 Å². The third kappa shape index (κ3) is 2.66. The van der Waals surface area contributed by atoms with Gasteiger partial charge in [0.05, 0.1) is 0 Å². The molecule has 1 fully saturated rings. The SMILES string of the molecule is O=C(Cn1c2c(ccc1=O)C(=O)CCC2)NCC1CC1. The van der Waals surface area contributed by atoms with E-state index in [9.17, 15) is 14.4 Å². The normalized spacial score (nSPS) is 17.7. The quantitative estimate of drug-likeness (QED) is 0.886. The van der Waals surface area contributed by atoms with Gasteiger partial charge in [0.15, 0.2) is 5.78 Å². The van der Waals surface area contributed by atoms with Crippen LogP contribution in [0.15, 0.2) is 16.9 Å². The minimum absolute atomic E-state index is 0.0159. The third-order valence-corrected chi connectivity index (χ3v) is 4.00. The van der Waals surface area contributed by atoms with Gasteiger partial charge in [-0.2, -0.15) is 0 Å². The Morgan fingerprint density at radius 2 is 2.05 bits per heavy atom. The number of Topliss-reactive ketones (excluding diaryl/α,β-unsaturated/α-hetero) is 1. The fourth-order valence-corrected chi connectivity index (χ4v) is 2.65. The molecule has 1 N–H and O–H groups in total. The first-order valence-electron chi connectivity index (χ1n) is 7.18. The van der Waals surface area contributed by atoms with Gasteiger partial charge in [-0.3, -0.25) is 14.4 Å². The molecule has 0 bridgehead atoms. The minimum atomic E-state index is -0.208. The van der Waals surface area contributed by atoms with Crippen LogP contribution in [0.1, 0.15) is 41.7 Å². The first-order chi connectivity index (χ1) is 9.65. The van der Waals surface area contributed by atoms with Gasteiger partial charge < -0.3 is 9.88 Å². The smallest absolute Gasteiger partial charge is 0.251 e. The molecular weight excluding hydrogens is 256 g/mol. The lowest BCUT2D eigenvalue weighted by molar-refractivity contribution is -0.121. The van der Waals surface area contributed by atoms with E-state index in [0.717, 1.165) is 12.1 Å². The van der Waals surface area contributed by atoms with Crippen molar-refractivity contribution < 1.29 is 9.59 Å². The highest BCUT2D eigenvalue weighted by atomic mass is 16.2. The maximum atomic E-state index is 12.0. The van der Waals surface area contributed by atoms with E-state index < -0.39 is 0 Å². The molecular formula is C15H18N2O3. The largest absolute Gasteiger partial charge is 0.354 e. The lowest BCUT2D eigenvalue weighted by atomic mass is 9.94. The Bertz CT molecular complexity index is 614. The maximum Gasteiger partial charge on any atom is 0.251 e. The molecule has 1 heterocycles. The van der Waals surface area contributed by atoms with Crippen LogP contribution in [0.3, 0.4) is 0 Å². The van der Waals surface area contributed by atoms with Gasteiger partial charge in [0, 0.05) is 30.3 Å². The number of aromatic nitrogens is 1. The standard InChI is InChI=1S/C15H18N2O3/c18-13-3-1-2-12-11(13)6-7-15(20)17(12)9-14(19)16-8-10-4-5-10/h6-7,10H,1-5,8-9H2,(H,16,19). The van der Waals surface area contributed by atoms with Gasteiger partial charge in [-0.1, -0.05) is 0 Å². The van der Waals surface area contributed by atoms with Crippen molar-refractivity contribution in [3.05, 3.63) is 33.7 Å². The van der Waals surface area contributed by atoms with E-state index in [1.807, 2.05) is 0 Å². The highest BCUT2D eigenvalue weighted by molar-refractivity contribution is 5.98. The molecule has 0 radical (unpaired) electrons. The molecule has 20 heavy (non-hydrogen) atoms. The first-order valence-corrected chi connectivity index (χ1v) is 7.18. The van der Waals surface area contributed by atoms with Gasteiger partial charge in [0.25, 0.3) is 5.56 Å². The molecule has 0 saturated heterocycles. The predicted molar refractivity (Wildman–Crippen MR) is 73.7 cm³/mol. The van der Waals surface area contributed by atoms with Crippen LogP contribution in [-0.2, 0) is 17.8 Å². The molecule has 0 aromatic carbocycles. The summed E-state index contributed by atoms with van der Waals surface area (Å²) in [5.74, 6) is 0.533. The molecule has 1 saturated carbocycles. The molecule has 106 valence electrons. The molecule has 0 spiro atoms. The van der Waals surface area contributed by atoms with Crippen LogP contribution in [-0.4, -0.2) is 22.8 Å². The van der Waals surface area contributed by atoms with E-state index >= 15 is 0 Å². The molecule has 1 amide bonds. The summed E-state index contributed by atoms with van der Waals surface area (Å²) < 4.78 is 1.45. The average molecular weight is 274 g/mol. The summed E-state index contributed by atoms with van der Waals surface area (Å²) in [5.41, 5.74) is 1.11. The van der Waals surface area contributed by atoms with E-state index in [4.69, 9.17) is 0 Å². The van der Waals surface area contributed by atoms with Gasteiger partial charge in [0.1, 0.15) is 6.54 Å². The zero-order valence-electron chi connectivity index (χ0n) is 11.4. The molecule has 5 heteroatoms. The number of ketones is 1. The zero-order valence-corrected chi connectivity index (χ0v) is 11.4. The van der Waals surface area contributed by atoms with Crippen LogP contribution in [0, 0.1) is 5.92 Å². The molecule has 2 aliphatic carbocycles. The Morgan fingerprint density at radius 3 is 2.80 bits per heavy atom. The zero-order chi connectivity index (χ0) is 14.1. The maximum absolute atomic E-state index is 12.0. The van der Waals surface area contributed by atoms with Crippen molar-refractivity contribution in [3.63, 3.8) is 0 Å². The van der Waals surface area contributed by atoms with Crippen molar-refractivity contribution in [2.45, 2.75) is 38.6 Å². The predicted octanol–water partition coefficient (Wildman–Crippen LogP) is 0.893. The number of pyridine rings is 1. The molecule has 2 aliphatic rings. The minimum Gasteiger partial charge on any atom is -0.354 e. The van der Waals surface area contributed by atoms with Gasteiger partial charge in [0.2, 0.25) is 5.91 Å². The number of carbonyl (C=O) groups excluding carboxylic acids is 2. The summed E-state index contributed by atoms with van der Waals surface area (Å²) in [4.78, 5) is 35.7. The van der Waals surface area contributed by atoms with E-state index in [0.29, 0.717) is 30.9 Å². The summed E-state index contributed by atoms with van der Waals surface area (Å²) in [6.45, 7) is 0.712. The van der Waals surface area contributed by atoms with Crippen LogP contribution < -0.4 is 10.9 Å². The number of rotatable bonds is 4. The third-order valence-electron chi connectivity index (χ3n) is 4.00. The van der Waals surface area contributed by atoms with Crippen molar-refractivity contribution in [3.8, 4) is 0 Å². The monoisotopic (exact) mass is 274 g/mol. The van der Waals surface area contributed by atoms with Gasteiger partial charge >= 0.3 is 0 Å². The van der Waals surface area contributed by atoms with E-state index in [-0.39, 0.29) is 23.8 Å². The highest BCUT2D eigenvalue weighted by Crippen LogP contribution is 2.27. The number of nitrogens with zero attached hydrogens (tertiary/aromatic N) is 1. The Balaban J connectivity index is 1.80. The topological polar surface area (TPSA) is 68.2 Å². The van der Waals surface area contributed by atoms with Crippen LogP contribution >= 0.6 is 0 Å². The molecule has 0 aliphatic heterocycles. The van der Waals surface area contributed by atoms with Crippen LogP contribution in [0.25, 0.3) is 0 Å². The Labute approximate surface area is 117 Å².